The number of aliphatic carboxylic acids is 1. The molecule has 4 nitrogen and oxygen atoms in total. The first-order valence-electron chi connectivity index (χ1n) is 11.9. The smallest absolute Gasteiger partial charge is 0.416 e. The van der Waals surface area contributed by atoms with Crippen molar-refractivity contribution in [3.05, 3.63) is 100 Å². The van der Waals surface area contributed by atoms with E-state index in [0.717, 1.165) is 39.6 Å². The van der Waals surface area contributed by atoms with Crippen LogP contribution in [0.25, 0.3) is 10.6 Å². The standard InChI is InChI=1S/C29H26F3NO3S2/c1-18-16-23(13-15-25(18)36-17-26(34)35)37-19(2)27-24(14-8-20-6-4-3-5-7-20)33-28(38-27)21-9-11-22(12-10-21)29(30,31)32/h3-7,9-13,15-16,19H,8,14,17H2,1-2H3,(H,34,35)/t19-/m1/s1. The molecule has 0 spiro atoms. The summed E-state index contributed by atoms with van der Waals surface area (Å²) < 4.78 is 44.5. The number of aromatic nitrogens is 1. The van der Waals surface area contributed by atoms with E-state index in [0.29, 0.717) is 22.7 Å². The molecular weight excluding hydrogens is 531 g/mol. The third-order valence-electron chi connectivity index (χ3n) is 5.86. The van der Waals surface area contributed by atoms with Crippen LogP contribution in [0.3, 0.4) is 0 Å². The zero-order chi connectivity index (χ0) is 27.3. The van der Waals surface area contributed by atoms with Crippen molar-refractivity contribution in [2.75, 3.05) is 6.61 Å². The van der Waals surface area contributed by atoms with E-state index < -0.39 is 24.3 Å². The Balaban J connectivity index is 1.58. The van der Waals surface area contributed by atoms with Gasteiger partial charge in [-0.1, -0.05) is 42.5 Å². The van der Waals surface area contributed by atoms with Gasteiger partial charge in [0, 0.05) is 20.6 Å². The summed E-state index contributed by atoms with van der Waals surface area (Å²) in [6, 6.07) is 20.9. The number of alkyl halides is 3. The summed E-state index contributed by atoms with van der Waals surface area (Å²) in [4.78, 5) is 17.8. The highest BCUT2D eigenvalue weighted by molar-refractivity contribution is 7.99. The number of hydrogen-bond acceptors (Lipinski definition) is 5. The van der Waals surface area contributed by atoms with Gasteiger partial charge in [0.15, 0.2) is 6.61 Å². The minimum Gasteiger partial charge on any atom is -0.482 e. The summed E-state index contributed by atoms with van der Waals surface area (Å²) in [5.74, 6) is -0.510. The fourth-order valence-corrected chi connectivity index (χ4v) is 6.33. The van der Waals surface area contributed by atoms with Gasteiger partial charge in [0.25, 0.3) is 0 Å². The van der Waals surface area contributed by atoms with Crippen LogP contribution in [0.5, 0.6) is 5.75 Å². The van der Waals surface area contributed by atoms with Crippen LogP contribution in [0, 0.1) is 6.92 Å². The second-order valence-corrected chi connectivity index (χ2v) is 11.2. The molecule has 9 heteroatoms. The number of hydrogen-bond donors (Lipinski definition) is 1. The van der Waals surface area contributed by atoms with Crippen molar-refractivity contribution < 1.29 is 27.8 Å². The molecular formula is C29H26F3NO3S2. The average Bonchev–Trinajstić information content (AvgIpc) is 3.31. The number of carboxylic acid groups (broad SMARTS) is 1. The lowest BCUT2D eigenvalue weighted by atomic mass is 10.1. The highest BCUT2D eigenvalue weighted by Crippen LogP contribution is 2.43. The van der Waals surface area contributed by atoms with Crippen LogP contribution in [0.15, 0.2) is 77.7 Å². The summed E-state index contributed by atoms with van der Waals surface area (Å²) in [7, 11) is 0. The highest BCUT2D eigenvalue weighted by atomic mass is 32.2. The predicted octanol–water partition coefficient (Wildman–Crippen LogP) is 8.24. The molecule has 4 rings (SSSR count). The number of rotatable bonds is 10. The van der Waals surface area contributed by atoms with Gasteiger partial charge in [-0.25, -0.2) is 9.78 Å². The minimum atomic E-state index is -4.38. The van der Waals surface area contributed by atoms with E-state index in [9.17, 15) is 18.0 Å². The SMILES string of the molecule is Cc1cc(S[C@H](C)c2sc(-c3ccc(C(F)(F)F)cc3)nc2CCc2ccccc2)ccc1OCC(=O)O. The van der Waals surface area contributed by atoms with Gasteiger partial charge in [0.05, 0.1) is 11.3 Å². The first kappa shape index (κ1) is 27.7. The van der Waals surface area contributed by atoms with Gasteiger partial charge in [0.1, 0.15) is 10.8 Å². The van der Waals surface area contributed by atoms with E-state index in [1.54, 1.807) is 17.8 Å². The zero-order valence-corrected chi connectivity index (χ0v) is 22.4. The molecule has 1 N–H and O–H groups in total. The Morgan fingerprint density at radius 1 is 1.05 bits per heavy atom. The lowest BCUT2D eigenvalue weighted by molar-refractivity contribution is -0.139. The Hall–Kier alpha value is -3.30. The van der Waals surface area contributed by atoms with Crippen LogP contribution < -0.4 is 4.74 Å². The summed E-state index contributed by atoms with van der Waals surface area (Å²) in [5, 5.41) is 9.58. The number of carbonyl (C=O) groups is 1. The van der Waals surface area contributed by atoms with E-state index in [1.165, 1.54) is 29.0 Å². The van der Waals surface area contributed by atoms with Gasteiger partial charge >= 0.3 is 12.1 Å². The third-order valence-corrected chi connectivity index (χ3v) is 8.45. The van der Waals surface area contributed by atoms with E-state index >= 15 is 0 Å². The molecule has 0 radical (unpaired) electrons. The van der Waals surface area contributed by atoms with Crippen molar-refractivity contribution in [3.8, 4) is 16.3 Å². The lowest BCUT2D eigenvalue weighted by Crippen LogP contribution is -2.10. The molecule has 3 aromatic carbocycles. The molecule has 0 fully saturated rings. The summed E-state index contributed by atoms with van der Waals surface area (Å²) in [6.07, 6.45) is -2.87. The van der Waals surface area contributed by atoms with Crippen molar-refractivity contribution in [1.82, 2.24) is 4.98 Å². The molecule has 0 aliphatic carbocycles. The number of aryl methyl sites for hydroxylation is 3. The first-order valence-corrected chi connectivity index (χ1v) is 13.6. The van der Waals surface area contributed by atoms with E-state index in [2.05, 4.69) is 19.1 Å². The largest absolute Gasteiger partial charge is 0.482 e. The first-order chi connectivity index (χ1) is 18.1. The topological polar surface area (TPSA) is 59.4 Å². The zero-order valence-electron chi connectivity index (χ0n) is 20.8. The molecule has 0 bridgehead atoms. The van der Waals surface area contributed by atoms with Crippen LogP contribution in [-0.2, 0) is 23.8 Å². The normalized spacial score (nSPS) is 12.3. The van der Waals surface area contributed by atoms with Crippen molar-refractivity contribution >= 4 is 29.1 Å². The molecule has 0 aliphatic rings. The third kappa shape index (κ3) is 7.17. The molecule has 0 unspecified atom stereocenters. The Morgan fingerprint density at radius 2 is 1.76 bits per heavy atom. The second-order valence-electron chi connectivity index (χ2n) is 8.76. The van der Waals surface area contributed by atoms with Gasteiger partial charge in [0.2, 0.25) is 0 Å². The second kappa shape index (κ2) is 12.0. The number of thioether (sulfide) groups is 1. The van der Waals surface area contributed by atoms with Crippen LogP contribution in [0.4, 0.5) is 13.2 Å². The molecule has 198 valence electrons. The Labute approximate surface area is 227 Å². The number of halogens is 3. The molecule has 1 heterocycles. The van der Waals surface area contributed by atoms with Crippen molar-refractivity contribution in [3.63, 3.8) is 0 Å². The van der Waals surface area contributed by atoms with Crippen LogP contribution in [-0.4, -0.2) is 22.7 Å². The van der Waals surface area contributed by atoms with Gasteiger partial charge in [-0.3, -0.25) is 0 Å². The summed E-state index contributed by atoms with van der Waals surface area (Å²) in [6.45, 7) is 3.56. The highest BCUT2D eigenvalue weighted by Gasteiger charge is 2.30. The Bertz CT molecular complexity index is 1390. The average molecular weight is 558 g/mol. The molecule has 0 aliphatic heterocycles. The fraction of sp³-hybridized carbons (Fsp3) is 0.241. The molecule has 1 atom stereocenters. The fourth-order valence-electron chi connectivity index (χ4n) is 3.95. The van der Waals surface area contributed by atoms with E-state index in [-0.39, 0.29) is 5.25 Å². The van der Waals surface area contributed by atoms with Crippen molar-refractivity contribution in [1.29, 1.82) is 0 Å². The molecule has 0 amide bonds. The quantitative estimate of drug-likeness (QED) is 0.199. The minimum absolute atomic E-state index is 0.0339. The van der Waals surface area contributed by atoms with E-state index in [4.69, 9.17) is 14.8 Å². The van der Waals surface area contributed by atoms with Crippen LogP contribution in [0.1, 0.15) is 39.4 Å². The Morgan fingerprint density at radius 3 is 2.39 bits per heavy atom. The van der Waals surface area contributed by atoms with Gasteiger partial charge < -0.3 is 9.84 Å². The number of thiazole rings is 1. The van der Waals surface area contributed by atoms with Crippen molar-refractivity contribution in [2.45, 2.75) is 43.0 Å². The molecule has 1 aromatic heterocycles. The lowest BCUT2D eigenvalue weighted by Gasteiger charge is -2.13. The van der Waals surface area contributed by atoms with Crippen LogP contribution in [0.2, 0.25) is 0 Å². The molecule has 0 saturated heterocycles. The van der Waals surface area contributed by atoms with Crippen LogP contribution >= 0.6 is 23.1 Å². The number of nitrogens with zero attached hydrogens (tertiary/aromatic N) is 1. The predicted molar refractivity (Wildman–Crippen MR) is 145 cm³/mol. The number of benzene rings is 3. The molecule has 38 heavy (non-hydrogen) atoms. The van der Waals surface area contributed by atoms with E-state index in [1.807, 2.05) is 37.3 Å². The molecule has 4 aromatic rings. The summed E-state index contributed by atoms with van der Waals surface area (Å²) >= 11 is 3.15. The number of ether oxygens (including phenoxy) is 1. The van der Waals surface area contributed by atoms with Crippen molar-refractivity contribution in [2.24, 2.45) is 0 Å². The maximum Gasteiger partial charge on any atom is 0.416 e. The van der Waals surface area contributed by atoms with Gasteiger partial charge in [-0.2, -0.15) is 13.2 Å². The number of carboxylic acids is 1. The molecule has 0 saturated carbocycles. The van der Waals surface area contributed by atoms with Gasteiger partial charge in [-0.15, -0.1) is 23.1 Å². The summed E-state index contributed by atoms with van der Waals surface area (Å²) in [5.41, 5.74) is 2.94. The monoisotopic (exact) mass is 557 g/mol. The van der Waals surface area contributed by atoms with Gasteiger partial charge in [-0.05, 0) is 68.1 Å². The maximum atomic E-state index is 13.0. The maximum absolute atomic E-state index is 13.0. The Kier molecular flexibility index (Phi) is 8.79.